The Hall–Kier alpha value is -1.47. The standard InChI is InChI=1S/C16H30N2O5/c1-7-13(19)16(9-14(20)21,10-18(4,5)6)23-15(22)12(17)8-11(2)3/h11-12H,7-10,17H2,1-6H3/t12-,16+/m0/s1. The molecule has 0 unspecified atom stereocenters. The topological polar surface area (TPSA) is 110 Å². The molecule has 134 valence electrons. The van der Waals surface area contributed by atoms with Crippen LogP contribution < -0.4 is 10.8 Å². The summed E-state index contributed by atoms with van der Waals surface area (Å²) < 4.78 is 5.65. The lowest BCUT2D eigenvalue weighted by atomic mass is 9.90. The third-order valence-corrected chi connectivity index (χ3v) is 3.31. The number of esters is 1. The van der Waals surface area contributed by atoms with E-state index in [1.54, 1.807) is 28.1 Å². The summed E-state index contributed by atoms with van der Waals surface area (Å²) in [4.78, 5) is 35.8. The van der Waals surface area contributed by atoms with Gasteiger partial charge in [-0.1, -0.05) is 20.8 Å². The van der Waals surface area contributed by atoms with E-state index in [1.165, 1.54) is 0 Å². The number of carbonyl (C=O) groups excluding carboxylic acids is 3. The molecule has 0 fully saturated rings. The number of Topliss-reactive ketones (excluding diaryl/α,β-unsaturated/α-hetero) is 1. The van der Waals surface area contributed by atoms with Crippen LogP contribution >= 0.6 is 0 Å². The highest BCUT2D eigenvalue weighted by Gasteiger charge is 2.46. The van der Waals surface area contributed by atoms with E-state index in [0.717, 1.165) is 0 Å². The number of nitrogens with two attached hydrogens (primary N) is 1. The second kappa shape index (κ2) is 8.40. The van der Waals surface area contributed by atoms with Gasteiger partial charge in [-0.05, 0) is 12.3 Å². The Morgan fingerprint density at radius 2 is 1.74 bits per heavy atom. The smallest absolute Gasteiger partial charge is 0.324 e. The lowest BCUT2D eigenvalue weighted by Crippen LogP contribution is -2.59. The van der Waals surface area contributed by atoms with E-state index in [0.29, 0.717) is 6.42 Å². The summed E-state index contributed by atoms with van der Waals surface area (Å²) in [6, 6.07) is -0.895. The zero-order valence-corrected chi connectivity index (χ0v) is 15.0. The van der Waals surface area contributed by atoms with Gasteiger partial charge < -0.3 is 24.9 Å². The Morgan fingerprint density at radius 1 is 1.22 bits per heavy atom. The average molecular weight is 330 g/mol. The summed E-state index contributed by atoms with van der Waals surface area (Å²) in [5, 5.41) is 11.2. The maximum Gasteiger partial charge on any atom is 0.324 e. The van der Waals surface area contributed by atoms with Crippen molar-refractivity contribution in [1.29, 1.82) is 0 Å². The first kappa shape index (κ1) is 21.5. The average Bonchev–Trinajstić information content (AvgIpc) is 2.33. The number of quaternary nitrogens is 1. The van der Waals surface area contributed by atoms with Gasteiger partial charge in [-0.15, -0.1) is 0 Å². The van der Waals surface area contributed by atoms with Gasteiger partial charge in [0.2, 0.25) is 5.60 Å². The number of carboxylic acid groups (broad SMARTS) is 1. The molecule has 0 heterocycles. The van der Waals surface area contributed by atoms with Gasteiger partial charge in [-0.25, -0.2) is 0 Å². The van der Waals surface area contributed by atoms with Crippen LogP contribution in [0.2, 0.25) is 0 Å². The van der Waals surface area contributed by atoms with Crippen LogP contribution in [0.4, 0.5) is 0 Å². The lowest BCUT2D eigenvalue weighted by Gasteiger charge is -2.38. The number of carboxylic acids is 1. The Kier molecular flexibility index (Phi) is 7.86. The molecule has 0 aromatic carbocycles. The summed E-state index contributed by atoms with van der Waals surface area (Å²) in [6.45, 7) is 5.45. The molecule has 0 saturated heterocycles. The van der Waals surface area contributed by atoms with E-state index in [1.807, 2.05) is 13.8 Å². The summed E-state index contributed by atoms with van der Waals surface area (Å²) in [7, 11) is 5.36. The molecular formula is C16H30N2O5. The van der Waals surface area contributed by atoms with Crippen LogP contribution in [0.25, 0.3) is 0 Å². The molecule has 23 heavy (non-hydrogen) atoms. The van der Waals surface area contributed by atoms with Crippen LogP contribution in [0, 0.1) is 5.92 Å². The SMILES string of the molecule is CCC(=O)[C@@](CC(=O)[O-])(C[N+](C)(C)C)OC(=O)[C@@H](N)CC(C)C. The molecule has 2 N–H and O–H groups in total. The van der Waals surface area contributed by atoms with Crippen LogP contribution in [0.5, 0.6) is 0 Å². The van der Waals surface area contributed by atoms with Crippen molar-refractivity contribution in [2.45, 2.75) is 51.7 Å². The van der Waals surface area contributed by atoms with E-state index >= 15 is 0 Å². The highest BCUT2D eigenvalue weighted by Crippen LogP contribution is 2.24. The number of carbonyl (C=O) groups is 3. The molecule has 2 atom stereocenters. The van der Waals surface area contributed by atoms with Crippen molar-refractivity contribution in [1.82, 2.24) is 0 Å². The number of hydrogen-bond donors (Lipinski definition) is 1. The van der Waals surface area contributed by atoms with Crippen LogP contribution in [-0.4, -0.2) is 61.5 Å². The maximum atomic E-state index is 12.4. The first-order valence-electron chi connectivity index (χ1n) is 7.85. The van der Waals surface area contributed by atoms with Crippen molar-refractivity contribution < 1.29 is 28.7 Å². The predicted octanol–water partition coefficient (Wildman–Crippen LogP) is -0.533. The minimum absolute atomic E-state index is 0.0355. The second-order valence-electron chi connectivity index (χ2n) is 7.43. The number of rotatable bonds is 10. The summed E-state index contributed by atoms with van der Waals surface area (Å²) in [5.74, 6) is -2.46. The molecular weight excluding hydrogens is 300 g/mol. The highest BCUT2D eigenvalue weighted by molar-refractivity contribution is 5.93. The first-order valence-corrected chi connectivity index (χ1v) is 7.85. The molecule has 0 saturated carbocycles. The van der Waals surface area contributed by atoms with E-state index in [2.05, 4.69) is 0 Å². The minimum Gasteiger partial charge on any atom is -0.550 e. The fraction of sp³-hybridized carbons (Fsp3) is 0.812. The normalized spacial score (nSPS) is 15.8. The van der Waals surface area contributed by atoms with Gasteiger partial charge in [0.1, 0.15) is 12.6 Å². The number of ether oxygens (including phenoxy) is 1. The van der Waals surface area contributed by atoms with E-state index < -0.39 is 35.8 Å². The molecule has 0 bridgehead atoms. The van der Waals surface area contributed by atoms with Crippen molar-refractivity contribution in [3.05, 3.63) is 0 Å². The molecule has 0 aromatic heterocycles. The van der Waals surface area contributed by atoms with E-state index in [4.69, 9.17) is 10.5 Å². The molecule has 0 aromatic rings. The van der Waals surface area contributed by atoms with Gasteiger partial charge in [0.25, 0.3) is 0 Å². The lowest BCUT2D eigenvalue weighted by molar-refractivity contribution is -0.875. The number of ketones is 1. The Morgan fingerprint density at radius 3 is 2.09 bits per heavy atom. The third-order valence-electron chi connectivity index (χ3n) is 3.31. The van der Waals surface area contributed by atoms with Gasteiger partial charge in [0.05, 0.1) is 21.1 Å². The molecule has 0 aliphatic heterocycles. The van der Waals surface area contributed by atoms with Gasteiger partial charge in [0.15, 0.2) is 5.78 Å². The number of hydrogen-bond acceptors (Lipinski definition) is 6. The zero-order valence-electron chi connectivity index (χ0n) is 15.0. The van der Waals surface area contributed by atoms with Crippen LogP contribution in [0.15, 0.2) is 0 Å². The zero-order chi connectivity index (χ0) is 18.4. The van der Waals surface area contributed by atoms with Crippen molar-refractivity contribution in [3.8, 4) is 0 Å². The third kappa shape index (κ3) is 7.56. The molecule has 0 rings (SSSR count). The largest absolute Gasteiger partial charge is 0.550 e. The molecule has 7 nitrogen and oxygen atoms in total. The fourth-order valence-electron chi connectivity index (χ4n) is 2.56. The monoisotopic (exact) mass is 330 g/mol. The first-order chi connectivity index (χ1) is 10.3. The molecule has 0 radical (unpaired) electrons. The second-order valence-corrected chi connectivity index (χ2v) is 7.43. The highest BCUT2D eigenvalue weighted by atomic mass is 16.6. The Balaban J connectivity index is 5.57. The van der Waals surface area contributed by atoms with Crippen molar-refractivity contribution >= 4 is 17.7 Å². The fourth-order valence-corrected chi connectivity index (χ4v) is 2.56. The van der Waals surface area contributed by atoms with E-state index in [9.17, 15) is 19.5 Å². The van der Waals surface area contributed by atoms with Gasteiger partial charge >= 0.3 is 5.97 Å². The van der Waals surface area contributed by atoms with Gasteiger partial charge in [-0.2, -0.15) is 0 Å². The molecule has 0 amide bonds. The van der Waals surface area contributed by atoms with Crippen molar-refractivity contribution in [3.63, 3.8) is 0 Å². The molecule has 7 heteroatoms. The maximum absolute atomic E-state index is 12.4. The Labute approximate surface area is 138 Å². The van der Waals surface area contributed by atoms with Gasteiger partial charge in [-0.3, -0.25) is 9.59 Å². The summed E-state index contributed by atoms with van der Waals surface area (Å²) >= 11 is 0. The quantitative estimate of drug-likeness (QED) is 0.426. The van der Waals surface area contributed by atoms with Crippen LogP contribution in [-0.2, 0) is 19.1 Å². The van der Waals surface area contributed by atoms with Crippen molar-refractivity contribution in [2.24, 2.45) is 11.7 Å². The number of likely N-dealkylation sites (N-methyl/N-ethyl adjacent to an activating group) is 1. The predicted molar refractivity (Wildman–Crippen MR) is 84.1 cm³/mol. The number of nitrogens with zero attached hydrogens (tertiary/aromatic N) is 1. The minimum atomic E-state index is -1.75. The summed E-state index contributed by atoms with van der Waals surface area (Å²) in [6.07, 6.45) is -0.222. The van der Waals surface area contributed by atoms with E-state index in [-0.39, 0.29) is 23.4 Å². The molecule has 0 spiro atoms. The van der Waals surface area contributed by atoms with Crippen molar-refractivity contribution in [2.75, 3.05) is 27.7 Å². The van der Waals surface area contributed by atoms with Crippen LogP contribution in [0.3, 0.4) is 0 Å². The van der Waals surface area contributed by atoms with Gasteiger partial charge in [0, 0.05) is 18.8 Å². The number of aliphatic carboxylic acids is 1. The molecule has 0 aliphatic rings. The Bertz CT molecular complexity index is 442. The van der Waals surface area contributed by atoms with Crippen LogP contribution in [0.1, 0.15) is 40.0 Å². The molecule has 0 aliphatic carbocycles. The summed E-state index contributed by atoms with van der Waals surface area (Å²) in [5.41, 5.74) is 4.06.